The Bertz CT molecular complexity index is 3510. The molecule has 0 saturated heterocycles. The topological polar surface area (TPSA) is 0 Å². The first-order valence-electron chi connectivity index (χ1n) is 22.8. The maximum Gasteiger partial charge on any atom is 0.114 e. The van der Waals surface area contributed by atoms with Crippen LogP contribution in [0, 0.1) is 76.2 Å². The molecule has 0 aromatic heterocycles. The molecule has 62 heavy (non-hydrogen) atoms. The molecule has 4 aliphatic carbocycles. The smallest absolute Gasteiger partial charge is 0.0984 e. The van der Waals surface area contributed by atoms with E-state index in [-0.39, 0.29) is 0 Å². The van der Waals surface area contributed by atoms with Crippen molar-refractivity contribution in [1.29, 1.82) is 0 Å². The van der Waals surface area contributed by atoms with E-state index < -0.39 is 0 Å². The zero-order chi connectivity index (χ0) is 43.1. The zero-order valence-electron chi connectivity index (χ0n) is 38.4. The van der Waals surface area contributed by atoms with Gasteiger partial charge in [-0.05, 0) is 285 Å². The molecule has 2 radical (unpaired) electrons. The van der Waals surface area contributed by atoms with Crippen LogP contribution in [0.1, 0.15) is 111 Å². The first-order chi connectivity index (χ1) is 29.8. The molecule has 0 fully saturated rings. The van der Waals surface area contributed by atoms with Crippen molar-refractivity contribution in [3.63, 3.8) is 0 Å². The Morgan fingerprint density at radius 1 is 0.355 bits per heavy atom. The van der Waals surface area contributed by atoms with Crippen LogP contribution in [0.25, 0.3) is 83.3 Å². The SMILES string of the molecule is [B]c1c(C)c(C)c2c(c1C)-c1c(C)c(C)c(C)c3c1-c1c(c4c5c(c1C2)Cc1c(C)c(C)c(C=C)c2c(-c6ccccc6-c6ccccc6)c6c(C)c(C)c(C)c(c6c-5c12)C4)C3. The van der Waals surface area contributed by atoms with E-state index in [0.717, 1.165) is 31.1 Å². The molecule has 0 heterocycles. The maximum atomic E-state index is 7.07. The van der Waals surface area contributed by atoms with Crippen molar-refractivity contribution in [2.75, 3.05) is 0 Å². The predicted octanol–water partition coefficient (Wildman–Crippen LogP) is 14.8. The van der Waals surface area contributed by atoms with Gasteiger partial charge < -0.3 is 0 Å². The van der Waals surface area contributed by atoms with Gasteiger partial charge in [0.1, 0.15) is 7.85 Å². The standard InChI is InChI=1S/C61H53B/c1-13-39-31(6)32(7)45-26-49-46-23-42-33(8)36(11)61(62)37(12)50(42)51-34(9)27(2)29(4)43-24-47(53(46)57(43)51)48-25-44-30(5)28(3)35(10)52-56(55(39)59(45)60(54(48)49)58(44)52)41-22-18-17-21-40(41)38-19-15-14-16-20-38/h13-22H,1,23-26H2,2-12H3. The van der Waals surface area contributed by atoms with Gasteiger partial charge in [0.15, 0.2) is 0 Å². The van der Waals surface area contributed by atoms with Gasteiger partial charge in [-0.1, -0.05) is 78.3 Å². The van der Waals surface area contributed by atoms with Crippen molar-refractivity contribution in [3.05, 3.63) is 172 Å². The van der Waals surface area contributed by atoms with E-state index in [2.05, 4.69) is 143 Å². The summed E-state index contributed by atoms with van der Waals surface area (Å²) in [4.78, 5) is 0. The van der Waals surface area contributed by atoms with E-state index in [0.29, 0.717) is 0 Å². The van der Waals surface area contributed by atoms with E-state index >= 15 is 0 Å². The van der Waals surface area contributed by atoms with Gasteiger partial charge in [0.05, 0.1) is 0 Å². The van der Waals surface area contributed by atoms with Gasteiger partial charge >= 0.3 is 0 Å². The average molecular weight is 797 g/mol. The minimum absolute atomic E-state index is 0.922. The van der Waals surface area contributed by atoms with Crippen LogP contribution in [-0.2, 0) is 25.7 Å². The summed E-state index contributed by atoms with van der Waals surface area (Å²) in [6.07, 6.45) is 5.97. The lowest BCUT2D eigenvalue weighted by molar-refractivity contribution is 1.02. The molecule has 0 amide bonds. The minimum Gasteiger partial charge on any atom is -0.0984 e. The zero-order valence-corrected chi connectivity index (χ0v) is 38.4. The summed E-state index contributed by atoms with van der Waals surface area (Å²) in [5.41, 5.74) is 43.8. The average Bonchev–Trinajstić information content (AvgIpc) is 3.60. The van der Waals surface area contributed by atoms with E-state index in [9.17, 15) is 0 Å². The number of rotatable bonds is 3. The third-order valence-electron chi connectivity index (χ3n) is 17.3. The Morgan fingerprint density at radius 3 is 1.47 bits per heavy atom. The Hall–Kier alpha value is -5.92. The largest absolute Gasteiger partial charge is 0.114 e. The normalized spacial score (nSPS) is 13.6. The molecule has 0 spiro atoms. The molecule has 0 bridgehead atoms. The summed E-state index contributed by atoms with van der Waals surface area (Å²) in [5.74, 6) is 0. The van der Waals surface area contributed by atoms with Gasteiger partial charge in [0, 0.05) is 0 Å². The monoisotopic (exact) mass is 796 g/mol. The molecule has 0 aliphatic heterocycles. The number of hydrogen-bond acceptors (Lipinski definition) is 0. The van der Waals surface area contributed by atoms with Crippen molar-refractivity contribution in [3.8, 4) is 55.6 Å². The Balaban J connectivity index is 1.33. The first kappa shape index (κ1) is 37.8. The highest BCUT2D eigenvalue weighted by atomic mass is 14.5. The Labute approximate surface area is 369 Å². The number of benzene rings is 8. The van der Waals surface area contributed by atoms with E-state index in [1.807, 2.05) is 0 Å². The highest BCUT2D eigenvalue weighted by Crippen LogP contribution is 2.62. The molecule has 8 aromatic rings. The van der Waals surface area contributed by atoms with Crippen molar-refractivity contribution >= 4 is 40.9 Å². The van der Waals surface area contributed by atoms with Crippen LogP contribution in [0.5, 0.6) is 0 Å². The van der Waals surface area contributed by atoms with Gasteiger partial charge in [-0.3, -0.25) is 0 Å². The van der Waals surface area contributed by atoms with Crippen LogP contribution < -0.4 is 5.46 Å². The molecule has 4 aliphatic rings. The fourth-order valence-corrected chi connectivity index (χ4v) is 13.4. The Morgan fingerprint density at radius 2 is 0.839 bits per heavy atom. The molecule has 0 N–H and O–H groups in total. The molecule has 300 valence electrons. The summed E-state index contributed by atoms with van der Waals surface area (Å²) < 4.78 is 0. The van der Waals surface area contributed by atoms with E-state index in [1.165, 1.54) is 155 Å². The molecule has 0 nitrogen and oxygen atoms in total. The summed E-state index contributed by atoms with van der Waals surface area (Å²) in [5, 5.41) is 5.75. The summed E-state index contributed by atoms with van der Waals surface area (Å²) >= 11 is 0. The second-order valence-corrected chi connectivity index (χ2v) is 19.5. The van der Waals surface area contributed by atoms with Crippen LogP contribution in [0.3, 0.4) is 0 Å². The molecule has 0 atom stereocenters. The molecule has 8 aromatic carbocycles. The van der Waals surface area contributed by atoms with Gasteiger partial charge in [-0.2, -0.15) is 0 Å². The highest BCUT2D eigenvalue weighted by molar-refractivity contribution is 6.35. The quantitative estimate of drug-likeness (QED) is 0.123. The third kappa shape index (κ3) is 4.35. The number of hydrogen-bond donors (Lipinski definition) is 0. The lowest BCUT2D eigenvalue weighted by Crippen LogP contribution is -2.20. The van der Waals surface area contributed by atoms with Gasteiger partial charge in [-0.15, -0.1) is 0 Å². The van der Waals surface area contributed by atoms with Gasteiger partial charge in [0.25, 0.3) is 0 Å². The van der Waals surface area contributed by atoms with Crippen LogP contribution in [0.2, 0.25) is 0 Å². The van der Waals surface area contributed by atoms with Crippen LogP contribution in [0.4, 0.5) is 0 Å². The molecular weight excluding hydrogens is 743 g/mol. The third-order valence-corrected chi connectivity index (χ3v) is 17.3. The van der Waals surface area contributed by atoms with Gasteiger partial charge in [0.2, 0.25) is 0 Å². The molecular formula is C61H53B. The fraction of sp³-hybridized carbons (Fsp3) is 0.246. The lowest BCUT2D eigenvalue weighted by Gasteiger charge is -2.37. The lowest BCUT2D eigenvalue weighted by atomic mass is 9.65. The van der Waals surface area contributed by atoms with Crippen LogP contribution >= 0.6 is 0 Å². The second-order valence-electron chi connectivity index (χ2n) is 19.5. The Kier molecular flexibility index (Phi) is 7.69. The van der Waals surface area contributed by atoms with E-state index in [1.54, 1.807) is 33.4 Å². The fourth-order valence-electron chi connectivity index (χ4n) is 13.4. The minimum atomic E-state index is 0.922. The first-order valence-corrected chi connectivity index (χ1v) is 22.8. The van der Waals surface area contributed by atoms with Crippen LogP contribution in [-0.4, -0.2) is 7.85 Å². The van der Waals surface area contributed by atoms with Crippen molar-refractivity contribution in [1.82, 2.24) is 0 Å². The predicted molar refractivity (Wildman–Crippen MR) is 267 cm³/mol. The molecule has 1 heteroatoms. The van der Waals surface area contributed by atoms with Crippen molar-refractivity contribution < 1.29 is 0 Å². The second kappa shape index (κ2) is 12.6. The summed E-state index contributed by atoms with van der Waals surface area (Å²) in [7, 11) is 7.07. The van der Waals surface area contributed by atoms with Crippen LogP contribution in [0.15, 0.2) is 61.2 Å². The summed E-state index contributed by atoms with van der Waals surface area (Å²) in [6.45, 7) is 30.5. The van der Waals surface area contributed by atoms with Gasteiger partial charge in [-0.25, -0.2) is 0 Å². The molecule has 12 rings (SSSR count). The maximum absolute atomic E-state index is 7.07. The highest BCUT2D eigenvalue weighted by Gasteiger charge is 2.42. The molecule has 0 unspecified atom stereocenters. The van der Waals surface area contributed by atoms with Crippen molar-refractivity contribution in [2.45, 2.75) is 102 Å². The number of fused-ring (bicyclic) bond motifs is 4. The summed E-state index contributed by atoms with van der Waals surface area (Å²) in [6, 6.07) is 20.2. The van der Waals surface area contributed by atoms with Crippen molar-refractivity contribution in [2.24, 2.45) is 0 Å². The number of aryl methyl sites for hydroxylation is 1. The van der Waals surface area contributed by atoms with E-state index in [4.69, 9.17) is 7.85 Å². The molecule has 0 saturated carbocycles.